The summed E-state index contributed by atoms with van der Waals surface area (Å²) >= 11 is 0. The largest absolute Gasteiger partial charge is 0.322 e. The lowest BCUT2D eigenvalue weighted by Crippen LogP contribution is -2.15. The number of aryl methyl sites for hydroxylation is 2. The zero-order valence-electron chi connectivity index (χ0n) is 12.1. The monoisotopic (exact) mass is 272 g/mol. The summed E-state index contributed by atoms with van der Waals surface area (Å²) in [6.07, 6.45) is 0. The van der Waals surface area contributed by atoms with Crippen LogP contribution in [-0.2, 0) is 6.54 Å². The Hall–Kier alpha value is -2.14. The molecular formula is C15H20N4O. The van der Waals surface area contributed by atoms with Gasteiger partial charge in [-0.05, 0) is 38.1 Å². The van der Waals surface area contributed by atoms with Crippen LogP contribution in [0, 0.1) is 13.8 Å². The molecule has 2 aromatic rings. The number of anilines is 1. The quantitative estimate of drug-likeness (QED) is 0.782. The van der Waals surface area contributed by atoms with Gasteiger partial charge in [-0.2, -0.15) is 5.10 Å². The van der Waals surface area contributed by atoms with Crippen LogP contribution in [0.4, 0.5) is 5.69 Å². The number of aromatic nitrogens is 2. The highest BCUT2D eigenvalue weighted by atomic mass is 16.1. The molecule has 0 fully saturated rings. The second-order valence-electron chi connectivity index (χ2n) is 4.74. The fraction of sp³-hybridized carbons (Fsp3) is 0.333. The van der Waals surface area contributed by atoms with Crippen molar-refractivity contribution in [2.45, 2.75) is 27.3 Å². The molecule has 0 atom stereocenters. The van der Waals surface area contributed by atoms with Gasteiger partial charge in [-0.25, -0.2) is 0 Å². The van der Waals surface area contributed by atoms with E-state index in [1.807, 2.05) is 38.1 Å². The summed E-state index contributed by atoms with van der Waals surface area (Å²) < 4.78 is 0. The van der Waals surface area contributed by atoms with Gasteiger partial charge in [-0.3, -0.25) is 9.89 Å². The Morgan fingerprint density at radius 1 is 1.35 bits per heavy atom. The Morgan fingerprint density at radius 3 is 2.80 bits per heavy atom. The van der Waals surface area contributed by atoms with Crippen LogP contribution in [0.3, 0.4) is 0 Å². The molecule has 0 saturated heterocycles. The maximum absolute atomic E-state index is 12.3. The molecule has 106 valence electrons. The molecule has 0 aliphatic heterocycles. The molecule has 1 aromatic heterocycles. The Kier molecular flexibility index (Phi) is 4.53. The van der Waals surface area contributed by atoms with Gasteiger partial charge >= 0.3 is 0 Å². The van der Waals surface area contributed by atoms with E-state index < -0.39 is 0 Å². The lowest BCUT2D eigenvalue weighted by Gasteiger charge is -2.08. The Balaban J connectivity index is 2.12. The zero-order valence-corrected chi connectivity index (χ0v) is 12.1. The van der Waals surface area contributed by atoms with Crippen LogP contribution < -0.4 is 10.6 Å². The Bertz CT molecular complexity index is 584. The number of nitrogens with one attached hydrogen (secondary N) is 3. The minimum atomic E-state index is -0.130. The molecule has 1 amide bonds. The molecular weight excluding hydrogens is 252 g/mol. The molecule has 0 spiro atoms. The molecule has 1 heterocycles. The van der Waals surface area contributed by atoms with E-state index in [2.05, 4.69) is 27.8 Å². The number of aromatic amines is 1. The molecule has 0 aliphatic carbocycles. The van der Waals surface area contributed by atoms with Gasteiger partial charge in [0.1, 0.15) is 0 Å². The number of hydrogen-bond acceptors (Lipinski definition) is 3. The number of nitrogens with zero attached hydrogens (tertiary/aromatic N) is 1. The molecule has 20 heavy (non-hydrogen) atoms. The number of rotatable bonds is 5. The van der Waals surface area contributed by atoms with Crippen molar-refractivity contribution in [2.24, 2.45) is 0 Å². The molecule has 0 aliphatic rings. The van der Waals surface area contributed by atoms with Gasteiger partial charge in [0.05, 0.1) is 11.3 Å². The van der Waals surface area contributed by atoms with Crippen LogP contribution in [-0.4, -0.2) is 22.6 Å². The summed E-state index contributed by atoms with van der Waals surface area (Å²) in [4.78, 5) is 12.3. The number of amides is 1. The highest BCUT2D eigenvalue weighted by Gasteiger charge is 2.15. The lowest BCUT2D eigenvalue weighted by atomic mass is 10.1. The SMILES string of the molecule is CCNCc1cccc(NC(=O)c2c(C)n[nH]c2C)c1. The van der Waals surface area contributed by atoms with Crippen molar-refractivity contribution in [3.8, 4) is 0 Å². The summed E-state index contributed by atoms with van der Waals surface area (Å²) in [5.74, 6) is -0.130. The third kappa shape index (κ3) is 3.24. The second-order valence-corrected chi connectivity index (χ2v) is 4.74. The fourth-order valence-corrected chi connectivity index (χ4v) is 2.11. The van der Waals surface area contributed by atoms with E-state index in [1.165, 1.54) is 0 Å². The van der Waals surface area contributed by atoms with Crippen LogP contribution in [0.25, 0.3) is 0 Å². The number of carbonyl (C=O) groups excluding carboxylic acids is 1. The van der Waals surface area contributed by atoms with E-state index in [9.17, 15) is 4.79 Å². The molecule has 0 saturated carbocycles. The van der Waals surface area contributed by atoms with Crippen molar-refractivity contribution in [2.75, 3.05) is 11.9 Å². The number of hydrogen-bond donors (Lipinski definition) is 3. The highest BCUT2D eigenvalue weighted by Crippen LogP contribution is 2.15. The van der Waals surface area contributed by atoms with Crippen molar-refractivity contribution < 1.29 is 4.79 Å². The zero-order chi connectivity index (χ0) is 14.5. The van der Waals surface area contributed by atoms with Gasteiger partial charge in [0.15, 0.2) is 0 Å². The first-order chi connectivity index (χ1) is 9.61. The lowest BCUT2D eigenvalue weighted by molar-refractivity contribution is 0.102. The average Bonchev–Trinajstić information content (AvgIpc) is 2.76. The van der Waals surface area contributed by atoms with Crippen molar-refractivity contribution >= 4 is 11.6 Å². The maximum Gasteiger partial charge on any atom is 0.259 e. The predicted molar refractivity (Wildman–Crippen MR) is 79.8 cm³/mol. The van der Waals surface area contributed by atoms with Crippen LogP contribution >= 0.6 is 0 Å². The Labute approximate surface area is 118 Å². The molecule has 5 nitrogen and oxygen atoms in total. The predicted octanol–water partition coefficient (Wildman–Crippen LogP) is 2.39. The number of benzene rings is 1. The molecule has 5 heteroatoms. The number of H-pyrrole nitrogens is 1. The van der Waals surface area contributed by atoms with E-state index >= 15 is 0 Å². The summed E-state index contributed by atoms with van der Waals surface area (Å²) in [6.45, 7) is 7.45. The van der Waals surface area contributed by atoms with Gasteiger partial charge in [-0.15, -0.1) is 0 Å². The fourth-order valence-electron chi connectivity index (χ4n) is 2.11. The van der Waals surface area contributed by atoms with Crippen LogP contribution in [0.5, 0.6) is 0 Å². The molecule has 0 unspecified atom stereocenters. The molecule has 3 N–H and O–H groups in total. The third-order valence-electron chi connectivity index (χ3n) is 3.12. The van der Waals surface area contributed by atoms with Crippen LogP contribution in [0.2, 0.25) is 0 Å². The molecule has 0 radical (unpaired) electrons. The van der Waals surface area contributed by atoms with Crippen molar-refractivity contribution in [3.63, 3.8) is 0 Å². The van der Waals surface area contributed by atoms with Crippen LogP contribution in [0.1, 0.15) is 34.2 Å². The number of carbonyl (C=O) groups is 1. The topological polar surface area (TPSA) is 69.8 Å². The van der Waals surface area contributed by atoms with E-state index in [4.69, 9.17) is 0 Å². The van der Waals surface area contributed by atoms with Gasteiger partial charge in [0.2, 0.25) is 0 Å². The summed E-state index contributed by atoms with van der Waals surface area (Å²) in [6, 6.07) is 7.84. The van der Waals surface area contributed by atoms with Crippen LogP contribution in [0.15, 0.2) is 24.3 Å². The van der Waals surface area contributed by atoms with Crippen molar-refractivity contribution in [3.05, 3.63) is 46.8 Å². The maximum atomic E-state index is 12.3. The molecule has 2 rings (SSSR count). The van der Waals surface area contributed by atoms with E-state index in [-0.39, 0.29) is 5.91 Å². The van der Waals surface area contributed by atoms with Crippen molar-refractivity contribution in [1.82, 2.24) is 15.5 Å². The standard InChI is InChI=1S/C15H20N4O/c1-4-16-9-12-6-5-7-13(8-12)17-15(20)14-10(2)18-19-11(14)3/h5-8,16H,4,9H2,1-3H3,(H,17,20)(H,18,19). The highest BCUT2D eigenvalue weighted by molar-refractivity contribution is 6.05. The molecule has 1 aromatic carbocycles. The van der Waals surface area contributed by atoms with Gasteiger partial charge in [-0.1, -0.05) is 19.1 Å². The average molecular weight is 272 g/mol. The second kappa shape index (κ2) is 6.34. The van der Waals surface area contributed by atoms with Gasteiger partial charge < -0.3 is 10.6 Å². The van der Waals surface area contributed by atoms with Crippen molar-refractivity contribution in [1.29, 1.82) is 0 Å². The third-order valence-corrected chi connectivity index (χ3v) is 3.12. The summed E-state index contributed by atoms with van der Waals surface area (Å²) in [7, 11) is 0. The first-order valence-electron chi connectivity index (χ1n) is 6.74. The minimum Gasteiger partial charge on any atom is -0.322 e. The van der Waals surface area contributed by atoms with E-state index in [0.717, 1.165) is 30.0 Å². The van der Waals surface area contributed by atoms with E-state index in [1.54, 1.807) is 0 Å². The molecule has 0 bridgehead atoms. The minimum absolute atomic E-state index is 0.130. The first kappa shape index (κ1) is 14.3. The summed E-state index contributed by atoms with van der Waals surface area (Å²) in [5, 5.41) is 13.0. The van der Waals surface area contributed by atoms with Gasteiger partial charge in [0, 0.05) is 17.9 Å². The normalized spacial score (nSPS) is 10.6. The van der Waals surface area contributed by atoms with E-state index in [0.29, 0.717) is 11.3 Å². The first-order valence-corrected chi connectivity index (χ1v) is 6.74. The summed E-state index contributed by atoms with van der Waals surface area (Å²) in [5.41, 5.74) is 4.05. The smallest absolute Gasteiger partial charge is 0.259 e. The van der Waals surface area contributed by atoms with Gasteiger partial charge in [0.25, 0.3) is 5.91 Å². The Morgan fingerprint density at radius 2 is 2.15 bits per heavy atom.